The Morgan fingerprint density at radius 1 is 1.33 bits per heavy atom. The van der Waals surface area contributed by atoms with E-state index in [1.54, 1.807) is 0 Å². The van der Waals surface area contributed by atoms with Crippen LogP contribution in [0, 0.1) is 10.1 Å². The van der Waals surface area contributed by atoms with E-state index in [2.05, 4.69) is 10.6 Å². The highest BCUT2D eigenvalue weighted by Gasteiger charge is 2.30. The predicted octanol–water partition coefficient (Wildman–Crippen LogP) is -0.265. The number of hydrogen-bond acceptors (Lipinski definition) is 6. The number of para-hydroxylation sites is 1. The number of nitrogens with one attached hydrogen (secondary N) is 2. The second kappa shape index (κ2) is 5.57. The highest BCUT2D eigenvalue weighted by atomic mass is 16.6. The van der Waals surface area contributed by atoms with E-state index in [9.17, 15) is 24.5 Å². The topological polar surface area (TPSA) is 122 Å². The molecule has 0 atom stereocenters. The second-order valence-electron chi connectivity index (χ2n) is 4.34. The van der Waals surface area contributed by atoms with Gasteiger partial charge < -0.3 is 10.2 Å². The van der Waals surface area contributed by atoms with Crippen LogP contribution >= 0.6 is 0 Å². The molecule has 1 saturated heterocycles. The standard InChI is InChI=1S/C12H12N4O5/c1-13-11-7(3-2-4-8(11)16(20)21)12(19)15-5-9(17)14-10(18)6-15/h2-4,13H,5-6H2,1H3,(H,14,17,18). The van der Waals surface area contributed by atoms with Crippen LogP contribution in [0.25, 0.3) is 0 Å². The fourth-order valence-corrected chi connectivity index (χ4v) is 2.08. The van der Waals surface area contributed by atoms with Crippen LogP contribution in [-0.4, -0.2) is 47.7 Å². The van der Waals surface area contributed by atoms with E-state index in [1.807, 2.05) is 0 Å². The van der Waals surface area contributed by atoms with Gasteiger partial charge in [-0.25, -0.2) is 0 Å². The molecular formula is C12H12N4O5. The molecule has 0 bridgehead atoms. The first-order valence-corrected chi connectivity index (χ1v) is 6.01. The smallest absolute Gasteiger partial charge is 0.293 e. The van der Waals surface area contributed by atoms with Crippen LogP contribution in [0.2, 0.25) is 0 Å². The molecule has 9 nitrogen and oxygen atoms in total. The number of piperazine rings is 1. The van der Waals surface area contributed by atoms with Gasteiger partial charge in [0.1, 0.15) is 18.8 Å². The molecule has 1 aromatic carbocycles. The Hall–Kier alpha value is -2.97. The number of amides is 3. The average Bonchev–Trinajstić information content (AvgIpc) is 2.44. The molecule has 3 amide bonds. The Balaban J connectivity index is 2.39. The number of nitrogens with zero attached hydrogens (tertiary/aromatic N) is 2. The molecular weight excluding hydrogens is 280 g/mol. The van der Waals surface area contributed by atoms with Gasteiger partial charge in [0, 0.05) is 13.1 Å². The largest absolute Gasteiger partial charge is 0.382 e. The molecule has 1 aromatic rings. The Morgan fingerprint density at radius 3 is 2.48 bits per heavy atom. The van der Waals surface area contributed by atoms with Crippen molar-refractivity contribution in [2.75, 3.05) is 25.5 Å². The van der Waals surface area contributed by atoms with Gasteiger partial charge in [0.05, 0.1) is 10.5 Å². The molecule has 0 aromatic heterocycles. The van der Waals surface area contributed by atoms with Crippen molar-refractivity contribution >= 4 is 29.1 Å². The molecule has 1 fully saturated rings. The molecule has 0 unspecified atom stereocenters. The summed E-state index contributed by atoms with van der Waals surface area (Å²) in [6.07, 6.45) is 0. The fourth-order valence-electron chi connectivity index (χ4n) is 2.08. The lowest BCUT2D eigenvalue weighted by Crippen LogP contribution is -2.53. The normalized spacial score (nSPS) is 14.6. The van der Waals surface area contributed by atoms with Gasteiger partial charge in [-0.3, -0.25) is 29.8 Å². The van der Waals surface area contributed by atoms with Gasteiger partial charge in [0.25, 0.3) is 11.6 Å². The molecule has 2 rings (SSSR count). The van der Waals surface area contributed by atoms with Crippen LogP contribution in [-0.2, 0) is 9.59 Å². The number of imide groups is 1. The molecule has 1 heterocycles. The fraction of sp³-hybridized carbons (Fsp3) is 0.250. The van der Waals surface area contributed by atoms with E-state index in [0.717, 1.165) is 4.90 Å². The molecule has 1 aliphatic heterocycles. The zero-order chi connectivity index (χ0) is 15.6. The lowest BCUT2D eigenvalue weighted by atomic mass is 10.1. The minimum absolute atomic E-state index is 0.0363. The first kappa shape index (κ1) is 14.4. The van der Waals surface area contributed by atoms with Crippen LogP contribution in [0.15, 0.2) is 18.2 Å². The second-order valence-corrected chi connectivity index (χ2v) is 4.34. The molecule has 1 aliphatic rings. The summed E-state index contributed by atoms with van der Waals surface area (Å²) in [5.74, 6) is -1.79. The highest BCUT2D eigenvalue weighted by Crippen LogP contribution is 2.28. The molecule has 0 radical (unpaired) electrons. The number of nitro benzene ring substituents is 1. The van der Waals surface area contributed by atoms with Crippen LogP contribution in [0.5, 0.6) is 0 Å². The monoisotopic (exact) mass is 292 g/mol. The summed E-state index contributed by atoms with van der Waals surface area (Å²) in [5, 5.41) is 15.6. The van der Waals surface area contributed by atoms with Gasteiger partial charge in [-0.05, 0) is 6.07 Å². The lowest BCUT2D eigenvalue weighted by Gasteiger charge is -2.26. The molecule has 0 spiro atoms. The van der Waals surface area contributed by atoms with Crippen LogP contribution in [0.1, 0.15) is 10.4 Å². The summed E-state index contributed by atoms with van der Waals surface area (Å²) in [7, 11) is 1.45. The summed E-state index contributed by atoms with van der Waals surface area (Å²) in [4.78, 5) is 46.4. The third kappa shape index (κ3) is 2.81. The summed E-state index contributed by atoms with van der Waals surface area (Å²) in [6.45, 7) is -0.535. The van der Waals surface area contributed by atoms with Crippen molar-refractivity contribution in [1.29, 1.82) is 0 Å². The van der Waals surface area contributed by atoms with Gasteiger partial charge in [0.2, 0.25) is 11.8 Å². The van der Waals surface area contributed by atoms with E-state index in [-0.39, 0.29) is 30.0 Å². The van der Waals surface area contributed by atoms with Crippen molar-refractivity contribution < 1.29 is 19.3 Å². The van der Waals surface area contributed by atoms with Crippen molar-refractivity contribution in [3.05, 3.63) is 33.9 Å². The van der Waals surface area contributed by atoms with Crippen molar-refractivity contribution in [3.63, 3.8) is 0 Å². The molecule has 9 heteroatoms. The molecule has 2 N–H and O–H groups in total. The zero-order valence-corrected chi connectivity index (χ0v) is 11.1. The Morgan fingerprint density at radius 2 is 1.95 bits per heavy atom. The van der Waals surface area contributed by atoms with Gasteiger partial charge in [-0.1, -0.05) is 6.07 Å². The molecule has 0 aliphatic carbocycles. The quantitative estimate of drug-likeness (QED) is 0.449. The summed E-state index contributed by atoms with van der Waals surface area (Å²) in [5.41, 5.74) is -0.170. The molecule has 110 valence electrons. The van der Waals surface area contributed by atoms with Crippen LogP contribution in [0.4, 0.5) is 11.4 Å². The van der Waals surface area contributed by atoms with E-state index in [1.165, 1.54) is 25.2 Å². The average molecular weight is 292 g/mol. The van der Waals surface area contributed by atoms with E-state index in [0.29, 0.717) is 0 Å². The SMILES string of the molecule is CNc1c(C(=O)N2CC(=O)NC(=O)C2)cccc1[N+](=O)[O-]. The number of hydrogen-bond donors (Lipinski definition) is 2. The maximum absolute atomic E-state index is 12.4. The van der Waals surface area contributed by atoms with Gasteiger partial charge in [-0.15, -0.1) is 0 Å². The minimum atomic E-state index is -0.619. The first-order valence-electron chi connectivity index (χ1n) is 6.01. The van der Waals surface area contributed by atoms with Crippen molar-refractivity contribution in [2.45, 2.75) is 0 Å². The molecule has 21 heavy (non-hydrogen) atoms. The maximum Gasteiger partial charge on any atom is 0.293 e. The van der Waals surface area contributed by atoms with Crippen LogP contribution < -0.4 is 10.6 Å². The number of carbonyl (C=O) groups is 3. The number of rotatable bonds is 3. The summed E-state index contributed by atoms with van der Waals surface area (Å²) < 4.78 is 0. The van der Waals surface area contributed by atoms with Crippen molar-refractivity contribution in [2.24, 2.45) is 0 Å². The van der Waals surface area contributed by atoms with E-state index in [4.69, 9.17) is 0 Å². The Labute approximate surface area is 119 Å². The van der Waals surface area contributed by atoms with Crippen molar-refractivity contribution in [3.8, 4) is 0 Å². The van der Waals surface area contributed by atoms with Crippen LogP contribution in [0.3, 0.4) is 0 Å². The number of nitro groups is 1. The Bertz CT molecular complexity index is 627. The summed E-state index contributed by atoms with van der Waals surface area (Å²) >= 11 is 0. The molecule has 0 saturated carbocycles. The summed E-state index contributed by atoms with van der Waals surface area (Å²) in [6, 6.07) is 4.03. The van der Waals surface area contributed by atoms with Gasteiger partial charge >= 0.3 is 0 Å². The lowest BCUT2D eigenvalue weighted by molar-refractivity contribution is -0.384. The van der Waals surface area contributed by atoms with Gasteiger partial charge in [-0.2, -0.15) is 0 Å². The number of benzene rings is 1. The number of carbonyl (C=O) groups excluding carboxylic acids is 3. The zero-order valence-electron chi connectivity index (χ0n) is 11.1. The predicted molar refractivity (Wildman–Crippen MR) is 71.7 cm³/mol. The minimum Gasteiger partial charge on any atom is -0.382 e. The maximum atomic E-state index is 12.4. The van der Waals surface area contributed by atoms with E-state index >= 15 is 0 Å². The van der Waals surface area contributed by atoms with Gasteiger partial charge in [0.15, 0.2) is 0 Å². The third-order valence-corrected chi connectivity index (χ3v) is 2.95. The first-order chi connectivity index (χ1) is 9.93. The Kier molecular flexibility index (Phi) is 3.83. The van der Waals surface area contributed by atoms with E-state index < -0.39 is 22.6 Å². The number of anilines is 1. The highest BCUT2D eigenvalue weighted by molar-refractivity contribution is 6.08. The third-order valence-electron chi connectivity index (χ3n) is 2.95. The van der Waals surface area contributed by atoms with Crippen molar-refractivity contribution in [1.82, 2.24) is 10.2 Å².